The molecule has 0 aliphatic carbocycles. The molecule has 15 heavy (non-hydrogen) atoms. The molecule has 1 aliphatic rings. The number of amides is 2. The molecule has 0 radical (unpaired) electrons. The number of carbonyl (C=O) groups is 1. The van der Waals surface area contributed by atoms with Gasteiger partial charge in [-0.2, -0.15) is 0 Å². The van der Waals surface area contributed by atoms with Gasteiger partial charge in [-0.15, -0.1) is 0 Å². The molecule has 1 aliphatic heterocycles. The highest BCUT2D eigenvalue weighted by Crippen LogP contribution is 2.30. The first-order valence-electron chi connectivity index (χ1n) is 4.84. The van der Waals surface area contributed by atoms with E-state index in [0.717, 1.165) is 11.3 Å². The molecule has 1 aromatic heterocycles. The Hall–Kier alpha value is -1.84. The lowest BCUT2D eigenvalue weighted by molar-refractivity contribution is 0.222. The number of anilines is 1. The van der Waals surface area contributed by atoms with Gasteiger partial charge in [0.1, 0.15) is 0 Å². The number of hydrogen-bond donors (Lipinski definition) is 1. The zero-order valence-electron chi connectivity index (χ0n) is 8.82. The molecule has 0 atom stereocenters. The van der Waals surface area contributed by atoms with Crippen LogP contribution in [0.3, 0.4) is 0 Å². The molecular weight excluding hydrogens is 190 g/mol. The summed E-state index contributed by atoms with van der Waals surface area (Å²) < 4.78 is 0. The number of carbonyl (C=O) groups excluding carboxylic acids is 1. The smallest absolute Gasteiger partial charge is 0.307 e. The summed E-state index contributed by atoms with van der Waals surface area (Å²) in [4.78, 5) is 17.4. The molecule has 1 N–H and O–H groups in total. The number of rotatable bonds is 1. The Kier molecular flexibility index (Phi) is 2.19. The van der Waals surface area contributed by atoms with Crippen molar-refractivity contribution >= 4 is 17.4 Å². The second-order valence-electron chi connectivity index (χ2n) is 3.76. The van der Waals surface area contributed by atoms with E-state index < -0.39 is 0 Å². The predicted molar refractivity (Wildman–Crippen MR) is 59.3 cm³/mol. The van der Waals surface area contributed by atoms with Gasteiger partial charge in [0.05, 0.1) is 5.69 Å². The fraction of sp³-hybridized carbons (Fsp3) is 0.273. The number of urea groups is 1. The van der Waals surface area contributed by atoms with Crippen LogP contribution in [0.25, 0.3) is 5.70 Å². The zero-order valence-corrected chi connectivity index (χ0v) is 8.82. The molecule has 2 rings (SSSR count). The molecule has 0 bridgehead atoms. The summed E-state index contributed by atoms with van der Waals surface area (Å²) in [5.74, 6) is 0. The normalized spacial score (nSPS) is 15.3. The van der Waals surface area contributed by atoms with Gasteiger partial charge in [-0.05, 0) is 19.9 Å². The molecule has 0 fully saturated rings. The average molecular weight is 203 g/mol. The largest absolute Gasteiger partial charge is 0.326 e. The fourth-order valence-electron chi connectivity index (χ4n) is 1.71. The summed E-state index contributed by atoms with van der Waals surface area (Å²) in [5.41, 5.74) is 2.36. The topological polar surface area (TPSA) is 45.2 Å². The maximum absolute atomic E-state index is 11.7. The van der Waals surface area contributed by atoms with Gasteiger partial charge in [-0.1, -0.05) is 6.58 Å². The monoisotopic (exact) mass is 203 g/mol. The Bertz CT molecular complexity index is 426. The highest BCUT2D eigenvalue weighted by atomic mass is 16.2. The van der Waals surface area contributed by atoms with Crippen LogP contribution in [0, 0.1) is 0 Å². The first-order valence-corrected chi connectivity index (χ1v) is 4.84. The van der Waals surface area contributed by atoms with Crippen LogP contribution in [0.4, 0.5) is 10.5 Å². The molecule has 0 spiro atoms. The second kappa shape index (κ2) is 3.38. The minimum atomic E-state index is -0.131. The van der Waals surface area contributed by atoms with E-state index >= 15 is 0 Å². The van der Waals surface area contributed by atoms with Gasteiger partial charge in [0.2, 0.25) is 0 Å². The zero-order chi connectivity index (χ0) is 11.0. The van der Waals surface area contributed by atoms with Crippen LogP contribution in [0.1, 0.15) is 19.4 Å². The summed E-state index contributed by atoms with van der Waals surface area (Å²) in [6.07, 6.45) is 3.36. The van der Waals surface area contributed by atoms with Crippen LogP contribution in [-0.2, 0) is 0 Å². The lowest BCUT2D eigenvalue weighted by Crippen LogP contribution is -2.41. The van der Waals surface area contributed by atoms with Crippen molar-refractivity contribution in [2.24, 2.45) is 0 Å². The van der Waals surface area contributed by atoms with E-state index in [-0.39, 0.29) is 12.1 Å². The number of nitrogens with one attached hydrogen (secondary N) is 1. The second-order valence-corrected chi connectivity index (χ2v) is 3.76. The van der Waals surface area contributed by atoms with Crippen molar-refractivity contribution in [1.29, 1.82) is 0 Å². The van der Waals surface area contributed by atoms with Crippen LogP contribution in [0.2, 0.25) is 0 Å². The van der Waals surface area contributed by atoms with Gasteiger partial charge in [-0.25, -0.2) is 4.79 Å². The Morgan fingerprint density at radius 1 is 1.53 bits per heavy atom. The maximum Gasteiger partial charge on any atom is 0.326 e. The van der Waals surface area contributed by atoms with E-state index in [9.17, 15) is 4.79 Å². The molecule has 78 valence electrons. The molecule has 0 saturated heterocycles. The fourth-order valence-corrected chi connectivity index (χ4v) is 1.71. The van der Waals surface area contributed by atoms with Crippen LogP contribution in [0.5, 0.6) is 0 Å². The summed E-state index contributed by atoms with van der Waals surface area (Å²) in [5, 5.41) is 2.81. The Labute approximate surface area is 88.6 Å². The molecule has 1 aromatic rings. The quantitative estimate of drug-likeness (QED) is 0.761. The van der Waals surface area contributed by atoms with Crippen LogP contribution < -0.4 is 5.32 Å². The van der Waals surface area contributed by atoms with Crippen molar-refractivity contribution in [1.82, 2.24) is 9.88 Å². The van der Waals surface area contributed by atoms with Crippen molar-refractivity contribution < 1.29 is 4.79 Å². The summed E-state index contributed by atoms with van der Waals surface area (Å²) in [6, 6.07) is 1.73. The van der Waals surface area contributed by atoms with Gasteiger partial charge in [0, 0.05) is 29.7 Å². The van der Waals surface area contributed by atoms with E-state index in [4.69, 9.17) is 0 Å². The third kappa shape index (κ3) is 1.48. The molecular formula is C11H13N3O. The van der Waals surface area contributed by atoms with Crippen molar-refractivity contribution in [3.63, 3.8) is 0 Å². The molecule has 2 heterocycles. The molecule has 0 aromatic carbocycles. The van der Waals surface area contributed by atoms with Gasteiger partial charge in [0.15, 0.2) is 0 Å². The van der Waals surface area contributed by atoms with Gasteiger partial charge >= 0.3 is 6.03 Å². The molecule has 2 amide bonds. The third-order valence-electron chi connectivity index (χ3n) is 2.40. The lowest BCUT2D eigenvalue weighted by atomic mass is 10.1. The van der Waals surface area contributed by atoms with Crippen molar-refractivity contribution in [3.05, 3.63) is 30.6 Å². The molecule has 4 nitrogen and oxygen atoms in total. The number of nitrogens with zero attached hydrogens (tertiary/aromatic N) is 2. The lowest BCUT2D eigenvalue weighted by Gasteiger charge is -2.33. The third-order valence-corrected chi connectivity index (χ3v) is 2.40. The van der Waals surface area contributed by atoms with E-state index in [1.54, 1.807) is 23.4 Å². The Morgan fingerprint density at radius 3 is 2.93 bits per heavy atom. The van der Waals surface area contributed by atoms with E-state index in [2.05, 4.69) is 16.9 Å². The minimum Gasteiger partial charge on any atom is -0.307 e. The number of hydrogen-bond acceptors (Lipinski definition) is 2. The summed E-state index contributed by atoms with van der Waals surface area (Å²) in [7, 11) is 0. The van der Waals surface area contributed by atoms with E-state index in [1.807, 2.05) is 13.8 Å². The highest BCUT2D eigenvalue weighted by Gasteiger charge is 2.27. The van der Waals surface area contributed by atoms with Crippen LogP contribution in [-0.4, -0.2) is 22.0 Å². The van der Waals surface area contributed by atoms with Gasteiger partial charge < -0.3 is 5.32 Å². The van der Waals surface area contributed by atoms with E-state index in [1.165, 1.54) is 0 Å². The van der Waals surface area contributed by atoms with E-state index in [0.29, 0.717) is 5.70 Å². The van der Waals surface area contributed by atoms with Crippen molar-refractivity contribution in [3.8, 4) is 0 Å². The van der Waals surface area contributed by atoms with Crippen LogP contribution >= 0.6 is 0 Å². The highest BCUT2D eigenvalue weighted by molar-refractivity contribution is 6.02. The Morgan fingerprint density at radius 2 is 2.27 bits per heavy atom. The molecule has 0 saturated carbocycles. The molecule has 4 heteroatoms. The molecule has 0 unspecified atom stereocenters. The maximum atomic E-state index is 11.7. The van der Waals surface area contributed by atoms with Crippen LogP contribution in [0.15, 0.2) is 25.0 Å². The number of aromatic nitrogens is 1. The number of fused-ring (bicyclic) bond motifs is 1. The summed E-state index contributed by atoms with van der Waals surface area (Å²) >= 11 is 0. The van der Waals surface area contributed by atoms with Crippen molar-refractivity contribution in [2.45, 2.75) is 19.9 Å². The first kappa shape index (κ1) is 9.71. The van der Waals surface area contributed by atoms with Crippen molar-refractivity contribution in [2.75, 3.05) is 5.32 Å². The average Bonchev–Trinajstić information content (AvgIpc) is 2.17. The predicted octanol–water partition coefficient (Wildman–Crippen LogP) is 2.31. The first-order chi connectivity index (χ1) is 7.11. The number of pyridine rings is 1. The minimum absolute atomic E-state index is 0.0888. The van der Waals surface area contributed by atoms with Gasteiger partial charge in [0.25, 0.3) is 0 Å². The standard InChI is InChI=1S/C11H13N3O/c1-7(2)14-8(3)9-6-12-5-4-10(9)13-11(14)15/h4-7H,3H2,1-2H3,(H,13,15). The Balaban J connectivity index is 2.48. The van der Waals surface area contributed by atoms with Gasteiger partial charge in [-0.3, -0.25) is 9.88 Å². The summed E-state index contributed by atoms with van der Waals surface area (Å²) in [6.45, 7) is 7.83. The SMILES string of the molecule is C=C1c2cnccc2NC(=O)N1C(C)C.